The number of carbonyl (C=O) groups is 1. The van der Waals surface area contributed by atoms with Crippen molar-refractivity contribution in [1.82, 2.24) is 9.97 Å². The lowest BCUT2D eigenvalue weighted by Crippen LogP contribution is -2.47. The first kappa shape index (κ1) is 14.5. The Labute approximate surface area is 111 Å². The van der Waals surface area contributed by atoms with Crippen LogP contribution in [-0.4, -0.2) is 45.3 Å². The van der Waals surface area contributed by atoms with E-state index in [0.29, 0.717) is 0 Å². The first-order valence-electron chi connectivity index (χ1n) is 5.85. The molecule has 2 heterocycles. The Morgan fingerprint density at radius 1 is 1.45 bits per heavy atom. The normalized spacial score (nSPS) is 23.7. The van der Waals surface area contributed by atoms with Crippen molar-refractivity contribution in [3.8, 4) is 0 Å². The summed E-state index contributed by atoms with van der Waals surface area (Å²) in [6.45, 7) is 0.0631. The zero-order chi connectivity index (χ0) is 14.9. The van der Waals surface area contributed by atoms with E-state index in [4.69, 9.17) is 5.11 Å². The molecule has 6 nitrogen and oxygen atoms in total. The monoisotopic (exact) mass is 291 g/mol. The molecule has 1 aliphatic heterocycles. The number of rotatable bonds is 2. The van der Waals surface area contributed by atoms with E-state index in [1.165, 1.54) is 4.90 Å². The summed E-state index contributed by atoms with van der Waals surface area (Å²) < 4.78 is 37.6. The van der Waals surface area contributed by atoms with Crippen LogP contribution in [0.2, 0.25) is 0 Å². The molecule has 1 saturated heterocycles. The van der Waals surface area contributed by atoms with Crippen LogP contribution < -0.4 is 4.90 Å². The van der Waals surface area contributed by atoms with Gasteiger partial charge in [0.15, 0.2) is 0 Å². The van der Waals surface area contributed by atoms with Gasteiger partial charge in [-0.25, -0.2) is 9.97 Å². The molecule has 0 unspecified atom stereocenters. The van der Waals surface area contributed by atoms with Crippen molar-refractivity contribution in [3.05, 3.63) is 18.0 Å². The number of anilines is 1. The molecule has 0 aliphatic carbocycles. The molecule has 20 heavy (non-hydrogen) atoms. The molecule has 1 aliphatic rings. The summed E-state index contributed by atoms with van der Waals surface area (Å²) >= 11 is 0. The van der Waals surface area contributed by atoms with Crippen LogP contribution in [0.5, 0.6) is 0 Å². The van der Waals surface area contributed by atoms with Crippen molar-refractivity contribution < 1.29 is 28.2 Å². The second-order valence-electron chi connectivity index (χ2n) is 4.49. The quantitative estimate of drug-likeness (QED) is 0.837. The summed E-state index contributed by atoms with van der Waals surface area (Å²) in [5, 5.41) is 18.6. The molecule has 9 heteroatoms. The fourth-order valence-electron chi connectivity index (χ4n) is 2.06. The van der Waals surface area contributed by atoms with Gasteiger partial charge in [-0.1, -0.05) is 0 Å². The number of carboxylic acid groups (broad SMARTS) is 1. The molecule has 1 fully saturated rings. The lowest BCUT2D eigenvalue weighted by Gasteiger charge is -2.34. The first-order chi connectivity index (χ1) is 9.29. The van der Waals surface area contributed by atoms with E-state index in [1.807, 2.05) is 0 Å². The second-order valence-corrected chi connectivity index (χ2v) is 4.49. The fraction of sp³-hybridized carbons (Fsp3) is 0.545. The van der Waals surface area contributed by atoms with Crippen molar-refractivity contribution in [2.24, 2.45) is 5.92 Å². The van der Waals surface area contributed by atoms with Gasteiger partial charge in [-0.3, -0.25) is 4.79 Å². The minimum absolute atomic E-state index is 0.113. The van der Waals surface area contributed by atoms with Crippen LogP contribution in [0.4, 0.5) is 19.1 Å². The highest BCUT2D eigenvalue weighted by Crippen LogP contribution is 2.29. The van der Waals surface area contributed by atoms with Crippen molar-refractivity contribution in [3.63, 3.8) is 0 Å². The molecule has 0 radical (unpaired) electrons. The zero-order valence-corrected chi connectivity index (χ0v) is 10.2. The number of nitrogens with zero attached hydrogens (tertiary/aromatic N) is 3. The van der Waals surface area contributed by atoms with E-state index < -0.39 is 29.9 Å². The number of β-amino-alcohol motifs (C(OH)–C–C–N with tert-alkyl or cyclic N) is 1. The van der Waals surface area contributed by atoms with Crippen LogP contribution in [0.3, 0.4) is 0 Å². The molecule has 1 aromatic rings. The Morgan fingerprint density at radius 2 is 2.15 bits per heavy atom. The van der Waals surface area contributed by atoms with Gasteiger partial charge in [0, 0.05) is 19.3 Å². The Balaban J connectivity index is 2.16. The maximum Gasteiger partial charge on any atom is 0.433 e. The number of carboxylic acids is 1. The fourth-order valence-corrected chi connectivity index (χ4v) is 2.06. The minimum atomic E-state index is -4.57. The molecule has 2 atom stereocenters. The van der Waals surface area contributed by atoms with Crippen LogP contribution in [0.15, 0.2) is 12.3 Å². The average Bonchev–Trinajstić information content (AvgIpc) is 2.37. The second kappa shape index (κ2) is 5.23. The first-order valence-corrected chi connectivity index (χ1v) is 5.85. The predicted octanol–water partition coefficient (Wildman–Crippen LogP) is 0.767. The van der Waals surface area contributed by atoms with Gasteiger partial charge in [-0.2, -0.15) is 13.2 Å². The van der Waals surface area contributed by atoms with E-state index >= 15 is 0 Å². The van der Waals surface area contributed by atoms with Gasteiger partial charge in [0.25, 0.3) is 0 Å². The smallest absolute Gasteiger partial charge is 0.433 e. The zero-order valence-electron chi connectivity index (χ0n) is 10.2. The van der Waals surface area contributed by atoms with E-state index in [2.05, 4.69) is 9.97 Å². The van der Waals surface area contributed by atoms with Crippen LogP contribution in [0.1, 0.15) is 12.1 Å². The van der Waals surface area contributed by atoms with Gasteiger partial charge in [-0.05, 0) is 12.5 Å². The van der Waals surface area contributed by atoms with Crippen molar-refractivity contribution in [2.45, 2.75) is 18.7 Å². The lowest BCUT2D eigenvalue weighted by molar-refractivity contribution is -0.146. The summed E-state index contributed by atoms with van der Waals surface area (Å²) in [5.74, 6) is -2.21. The summed E-state index contributed by atoms with van der Waals surface area (Å²) in [4.78, 5) is 19.3. The third kappa shape index (κ3) is 2.98. The largest absolute Gasteiger partial charge is 0.481 e. The molecular formula is C11H12F3N3O3. The predicted molar refractivity (Wildman–Crippen MR) is 61.0 cm³/mol. The number of aliphatic hydroxyl groups excluding tert-OH is 1. The number of hydrogen-bond acceptors (Lipinski definition) is 5. The number of aliphatic hydroxyl groups is 1. The average molecular weight is 291 g/mol. The Kier molecular flexibility index (Phi) is 3.80. The molecule has 110 valence electrons. The number of aliphatic carboxylic acids is 1. The standard InChI is InChI=1S/C11H12F3N3O3/c12-11(13,14)8-1-3-15-10(16-8)17-4-2-6(9(19)20)7(18)5-17/h1,3,6-7,18H,2,4-5H2,(H,19,20)/t6-,7+/m0/s1. The molecular weight excluding hydrogens is 279 g/mol. The third-order valence-corrected chi connectivity index (χ3v) is 3.12. The Hall–Kier alpha value is -1.90. The maximum atomic E-state index is 12.5. The summed E-state index contributed by atoms with van der Waals surface area (Å²) in [5.41, 5.74) is -1.07. The number of piperidine rings is 1. The Bertz CT molecular complexity index is 509. The molecule has 2 rings (SSSR count). The summed E-state index contributed by atoms with van der Waals surface area (Å²) in [7, 11) is 0. The van der Waals surface area contributed by atoms with Gasteiger partial charge < -0.3 is 15.1 Å². The molecule has 0 saturated carbocycles. The van der Waals surface area contributed by atoms with Crippen molar-refractivity contribution in [2.75, 3.05) is 18.0 Å². The van der Waals surface area contributed by atoms with E-state index in [9.17, 15) is 23.1 Å². The van der Waals surface area contributed by atoms with Crippen LogP contribution in [0, 0.1) is 5.92 Å². The number of halogens is 3. The number of hydrogen-bond donors (Lipinski definition) is 2. The third-order valence-electron chi connectivity index (χ3n) is 3.12. The molecule has 1 aromatic heterocycles. The van der Waals surface area contributed by atoms with Crippen LogP contribution >= 0.6 is 0 Å². The minimum Gasteiger partial charge on any atom is -0.481 e. The topological polar surface area (TPSA) is 86.5 Å². The SMILES string of the molecule is O=C(O)[C@H]1CCN(c2nccc(C(F)(F)F)n2)C[C@H]1O. The van der Waals surface area contributed by atoms with Crippen LogP contribution in [0.25, 0.3) is 0 Å². The van der Waals surface area contributed by atoms with Crippen molar-refractivity contribution in [1.29, 1.82) is 0 Å². The van der Waals surface area contributed by atoms with Gasteiger partial charge >= 0.3 is 12.1 Å². The molecule has 0 aromatic carbocycles. The number of aromatic nitrogens is 2. The molecule has 0 bridgehead atoms. The van der Waals surface area contributed by atoms with E-state index in [0.717, 1.165) is 12.3 Å². The molecule has 2 N–H and O–H groups in total. The summed E-state index contributed by atoms with van der Waals surface area (Å²) in [6, 6.07) is 0.754. The maximum absolute atomic E-state index is 12.5. The summed E-state index contributed by atoms with van der Waals surface area (Å²) in [6.07, 6.45) is -4.63. The van der Waals surface area contributed by atoms with Gasteiger partial charge in [0.05, 0.1) is 12.0 Å². The van der Waals surface area contributed by atoms with Crippen molar-refractivity contribution >= 4 is 11.9 Å². The van der Waals surface area contributed by atoms with Gasteiger partial charge in [0.1, 0.15) is 5.69 Å². The number of alkyl halides is 3. The van der Waals surface area contributed by atoms with Gasteiger partial charge in [0.2, 0.25) is 5.95 Å². The van der Waals surface area contributed by atoms with Crippen LogP contribution in [-0.2, 0) is 11.0 Å². The lowest BCUT2D eigenvalue weighted by atomic mass is 9.94. The highest BCUT2D eigenvalue weighted by Gasteiger charge is 2.36. The van der Waals surface area contributed by atoms with E-state index in [-0.39, 0.29) is 25.5 Å². The highest BCUT2D eigenvalue weighted by molar-refractivity contribution is 5.71. The van der Waals surface area contributed by atoms with E-state index in [1.54, 1.807) is 0 Å². The molecule has 0 spiro atoms. The Morgan fingerprint density at radius 3 is 2.70 bits per heavy atom. The van der Waals surface area contributed by atoms with Gasteiger partial charge in [-0.15, -0.1) is 0 Å². The highest BCUT2D eigenvalue weighted by atomic mass is 19.4. The molecule has 0 amide bonds.